The number of rotatable bonds is 12. The van der Waals surface area contributed by atoms with Crippen molar-refractivity contribution in [2.75, 3.05) is 40.8 Å². The Morgan fingerprint density at radius 2 is 1.41 bits per heavy atom. The molecule has 2 atom stereocenters. The van der Waals surface area contributed by atoms with Crippen molar-refractivity contribution >= 4 is 29.1 Å². The molecule has 1 aliphatic heterocycles. The minimum atomic E-state index is -0.459. The van der Waals surface area contributed by atoms with Crippen molar-refractivity contribution in [1.82, 2.24) is 0 Å². The number of nitro benzene ring substituents is 1. The van der Waals surface area contributed by atoms with Gasteiger partial charge in [0.1, 0.15) is 0 Å². The molecular weight excluding hydrogens is 546 g/mol. The molecule has 0 bridgehead atoms. The Kier molecular flexibility index (Phi) is 9.66. The summed E-state index contributed by atoms with van der Waals surface area (Å²) in [4.78, 5) is 12.6. The highest BCUT2D eigenvalue weighted by molar-refractivity contribution is 7.99. The van der Waals surface area contributed by atoms with Gasteiger partial charge in [-0.3, -0.25) is 10.1 Å². The molecule has 1 heterocycles. The Labute approximate surface area is 236 Å². The van der Waals surface area contributed by atoms with Crippen molar-refractivity contribution in [1.29, 1.82) is 0 Å². The van der Waals surface area contributed by atoms with Gasteiger partial charge in [0.25, 0.3) is 0 Å². The molecule has 11 heteroatoms. The second-order valence-electron chi connectivity index (χ2n) is 8.63. The predicted octanol–water partition coefficient (Wildman–Crippen LogP) is 7.05. The van der Waals surface area contributed by atoms with Crippen LogP contribution in [0.2, 0.25) is 5.02 Å². The lowest BCUT2D eigenvalue weighted by molar-refractivity contribution is -0.386. The van der Waals surface area contributed by atoms with Gasteiger partial charge in [0, 0.05) is 21.7 Å². The molecule has 208 valence electrons. The zero-order valence-corrected chi connectivity index (χ0v) is 23.7. The molecule has 1 fully saturated rings. The number of benzene rings is 3. The van der Waals surface area contributed by atoms with Crippen molar-refractivity contribution < 1.29 is 33.3 Å². The summed E-state index contributed by atoms with van der Waals surface area (Å²) in [5, 5.41) is 12.7. The second kappa shape index (κ2) is 13.1. The normalized spacial score (nSPS) is 16.5. The molecule has 0 aliphatic carbocycles. The van der Waals surface area contributed by atoms with Gasteiger partial charge in [0.05, 0.1) is 52.2 Å². The van der Waals surface area contributed by atoms with Gasteiger partial charge in [-0.25, -0.2) is 0 Å². The minimum absolute atomic E-state index is 0.0992. The molecule has 0 amide bonds. The fourth-order valence-electron chi connectivity index (χ4n) is 4.48. The fourth-order valence-corrected chi connectivity index (χ4v) is 5.33. The Morgan fingerprint density at radius 3 is 1.92 bits per heavy atom. The molecule has 0 radical (unpaired) electrons. The van der Waals surface area contributed by atoms with E-state index in [4.69, 9.17) is 40.0 Å². The molecule has 0 spiro atoms. The lowest BCUT2D eigenvalue weighted by Crippen LogP contribution is -2.07. The van der Waals surface area contributed by atoms with Crippen LogP contribution in [0.25, 0.3) is 0 Å². The van der Waals surface area contributed by atoms with Crippen molar-refractivity contribution in [3.63, 3.8) is 0 Å². The maximum Gasteiger partial charge on any atom is 0.315 e. The highest BCUT2D eigenvalue weighted by Gasteiger charge is 2.32. The molecule has 39 heavy (non-hydrogen) atoms. The minimum Gasteiger partial charge on any atom is -0.493 e. The summed E-state index contributed by atoms with van der Waals surface area (Å²) in [5.74, 6) is 2.55. The van der Waals surface area contributed by atoms with E-state index in [0.29, 0.717) is 46.4 Å². The van der Waals surface area contributed by atoms with Crippen LogP contribution in [0.3, 0.4) is 0 Å². The second-order valence-corrected chi connectivity index (χ2v) is 10.2. The number of nitrogens with zero attached hydrogens (tertiary/aromatic N) is 1. The molecule has 1 saturated heterocycles. The van der Waals surface area contributed by atoms with E-state index in [0.717, 1.165) is 10.5 Å². The van der Waals surface area contributed by atoms with Crippen LogP contribution < -0.4 is 23.7 Å². The molecule has 4 rings (SSSR count). The van der Waals surface area contributed by atoms with Crippen LogP contribution in [0.1, 0.15) is 36.2 Å². The van der Waals surface area contributed by atoms with Crippen molar-refractivity contribution in [2.45, 2.75) is 29.9 Å². The average Bonchev–Trinajstić information content (AvgIpc) is 3.45. The summed E-state index contributed by atoms with van der Waals surface area (Å²) in [6.45, 7) is 0.257. The van der Waals surface area contributed by atoms with Crippen LogP contribution in [-0.2, 0) is 4.74 Å². The van der Waals surface area contributed by atoms with Gasteiger partial charge < -0.3 is 28.4 Å². The van der Waals surface area contributed by atoms with Crippen molar-refractivity contribution in [3.8, 4) is 28.7 Å². The van der Waals surface area contributed by atoms with E-state index in [1.165, 1.54) is 13.2 Å². The fraction of sp³-hybridized carbons (Fsp3) is 0.357. The van der Waals surface area contributed by atoms with E-state index in [1.807, 2.05) is 36.4 Å². The SMILES string of the molecule is COc1cc([C@@H]2CC[C@@H](c3cc(OC)c(OCCSc4ccc(Cl)cc4)c([N+](=O)[O-])c3)O2)cc(OC)c1OC. The molecule has 3 aromatic carbocycles. The van der Waals surface area contributed by atoms with Crippen LogP contribution in [0.15, 0.2) is 53.4 Å². The average molecular weight is 576 g/mol. The molecule has 0 saturated carbocycles. The molecule has 0 aromatic heterocycles. The summed E-state index contributed by atoms with van der Waals surface area (Å²) >= 11 is 7.50. The van der Waals surface area contributed by atoms with Gasteiger partial charge in [0.2, 0.25) is 11.5 Å². The number of hydrogen-bond donors (Lipinski definition) is 0. The summed E-state index contributed by atoms with van der Waals surface area (Å²) in [7, 11) is 6.14. The van der Waals surface area contributed by atoms with Gasteiger partial charge in [-0.1, -0.05) is 11.6 Å². The number of nitro groups is 1. The first kappa shape index (κ1) is 28.7. The zero-order valence-electron chi connectivity index (χ0n) is 22.1. The largest absolute Gasteiger partial charge is 0.493 e. The quantitative estimate of drug-likeness (QED) is 0.0973. The monoisotopic (exact) mass is 575 g/mol. The van der Waals surface area contributed by atoms with E-state index < -0.39 is 4.92 Å². The summed E-state index contributed by atoms with van der Waals surface area (Å²) < 4.78 is 34.1. The molecule has 3 aromatic rings. The van der Waals surface area contributed by atoms with Gasteiger partial charge in [-0.05, 0) is 66.4 Å². The van der Waals surface area contributed by atoms with E-state index in [9.17, 15) is 10.1 Å². The first-order valence-corrected chi connectivity index (χ1v) is 13.6. The van der Waals surface area contributed by atoms with Gasteiger partial charge in [0.15, 0.2) is 17.2 Å². The zero-order chi connectivity index (χ0) is 27.9. The van der Waals surface area contributed by atoms with Crippen LogP contribution in [0.4, 0.5) is 5.69 Å². The molecule has 0 unspecified atom stereocenters. The lowest BCUT2D eigenvalue weighted by Gasteiger charge is -2.19. The van der Waals surface area contributed by atoms with Gasteiger partial charge >= 0.3 is 5.69 Å². The Balaban J connectivity index is 1.50. The summed E-state index contributed by atoms with van der Waals surface area (Å²) in [5.41, 5.74) is 1.35. The van der Waals surface area contributed by atoms with E-state index >= 15 is 0 Å². The van der Waals surface area contributed by atoms with Gasteiger partial charge in [-0.2, -0.15) is 0 Å². The smallest absolute Gasteiger partial charge is 0.315 e. The number of halogens is 1. The highest BCUT2D eigenvalue weighted by atomic mass is 35.5. The molecule has 1 aliphatic rings. The first-order valence-electron chi connectivity index (χ1n) is 12.2. The topological polar surface area (TPSA) is 98.5 Å². The van der Waals surface area contributed by atoms with E-state index in [1.54, 1.807) is 39.2 Å². The molecular formula is C28H30ClNO8S. The maximum absolute atomic E-state index is 12.0. The third kappa shape index (κ3) is 6.63. The number of thioether (sulfide) groups is 1. The third-order valence-corrected chi connectivity index (χ3v) is 7.56. The predicted molar refractivity (Wildman–Crippen MR) is 149 cm³/mol. The Hall–Kier alpha value is -3.34. The van der Waals surface area contributed by atoms with E-state index in [2.05, 4.69) is 0 Å². The summed E-state index contributed by atoms with van der Waals surface area (Å²) in [6.07, 6.45) is 0.755. The lowest BCUT2D eigenvalue weighted by atomic mass is 10.0. The highest BCUT2D eigenvalue weighted by Crippen LogP contribution is 2.48. The van der Waals surface area contributed by atoms with Crippen molar-refractivity contribution in [3.05, 3.63) is 74.8 Å². The Bertz CT molecular complexity index is 1280. The molecule has 9 nitrogen and oxygen atoms in total. The van der Waals surface area contributed by atoms with Gasteiger partial charge in [-0.15, -0.1) is 11.8 Å². The number of hydrogen-bond acceptors (Lipinski definition) is 9. The molecule has 0 N–H and O–H groups in total. The third-order valence-electron chi connectivity index (χ3n) is 6.34. The maximum atomic E-state index is 12.0. The Morgan fingerprint density at radius 1 is 0.872 bits per heavy atom. The number of ether oxygens (including phenoxy) is 6. The first-order chi connectivity index (χ1) is 18.9. The van der Waals surface area contributed by atoms with Crippen LogP contribution >= 0.6 is 23.4 Å². The van der Waals surface area contributed by atoms with Crippen LogP contribution in [0.5, 0.6) is 28.7 Å². The van der Waals surface area contributed by atoms with Crippen molar-refractivity contribution in [2.24, 2.45) is 0 Å². The van der Waals surface area contributed by atoms with Crippen LogP contribution in [0, 0.1) is 10.1 Å². The van der Waals surface area contributed by atoms with E-state index in [-0.39, 0.29) is 36.0 Å². The number of methoxy groups -OCH3 is 4. The standard InChI is InChI=1S/C28H30ClNO8S/c1-33-24-14-17(13-21(30(31)32)27(24)37-11-12-39-20-7-5-19(29)6-8-20)22-9-10-23(38-22)18-15-25(34-2)28(36-4)26(16-18)35-3/h5-8,13-16,22-23H,9-12H2,1-4H3/t22-,23-/m0/s1. The summed E-state index contributed by atoms with van der Waals surface area (Å²) in [6, 6.07) is 14.4. The van der Waals surface area contributed by atoms with Crippen LogP contribution in [-0.4, -0.2) is 45.7 Å².